The van der Waals surface area contributed by atoms with E-state index in [2.05, 4.69) is 5.32 Å². The summed E-state index contributed by atoms with van der Waals surface area (Å²) in [6, 6.07) is 0.467. The maximum Gasteiger partial charge on any atom is 0.391 e. The van der Waals surface area contributed by atoms with Gasteiger partial charge in [0.1, 0.15) is 0 Å². The first-order valence-electron chi connectivity index (χ1n) is 6.26. The molecule has 0 amide bonds. The molecule has 0 aromatic heterocycles. The van der Waals surface area contributed by atoms with Crippen molar-refractivity contribution in [3.8, 4) is 0 Å². The normalized spacial score (nSPS) is 33.8. The van der Waals surface area contributed by atoms with Gasteiger partial charge in [-0.2, -0.15) is 13.2 Å². The van der Waals surface area contributed by atoms with Crippen LogP contribution < -0.4 is 5.32 Å². The van der Waals surface area contributed by atoms with E-state index in [1.165, 1.54) is 12.8 Å². The quantitative estimate of drug-likeness (QED) is 0.791. The zero-order valence-corrected chi connectivity index (χ0v) is 9.69. The average molecular weight is 235 g/mol. The SMILES string of the molecule is CNC(C1CC1)C1CCC(C(F)(F)F)CC1. The third-order valence-electron chi connectivity index (χ3n) is 4.21. The van der Waals surface area contributed by atoms with E-state index in [9.17, 15) is 13.2 Å². The van der Waals surface area contributed by atoms with Gasteiger partial charge in [-0.15, -0.1) is 0 Å². The zero-order chi connectivity index (χ0) is 11.8. The van der Waals surface area contributed by atoms with Crippen molar-refractivity contribution in [2.45, 2.75) is 50.7 Å². The first kappa shape index (κ1) is 12.2. The van der Waals surface area contributed by atoms with E-state index in [0.29, 0.717) is 24.8 Å². The minimum absolute atomic E-state index is 0.332. The van der Waals surface area contributed by atoms with Gasteiger partial charge in [0.2, 0.25) is 0 Å². The van der Waals surface area contributed by atoms with Crippen LogP contribution in [-0.2, 0) is 0 Å². The van der Waals surface area contributed by atoms with Gasteiger partial charge >= 0.3 is 6.18 Å². The Kier molecular flexibility index (Phi) is 3.48. The molecule has 2 saturated carbocycles. The van der Waals surface area contributed by atoms with Crippen LogP contribution in [0.5, 0.6) is 0 Å². The van der Waals surface area contributed by atoms with Gasteiger partial charge in [-0.25, -0.2) is 0 Å². The second kappa shape index (κ2) is 4.55. The van der Waals surface area contributed by atoms with E-state index >= 15 is 0 Å². The highest BCUT2D eigenvalue weighted by atomic mass is 19.4. The van der Waals surface area contributed by atoms with Crippen LogP contribution in [-0.4, -0.2) is 19.3 Å². The molecule has 2 fully saturated rings. The van der Waals surface area contributed by atoms with Crippen molar-refractivity contribution in [2.24, 2.45) is 17.8 Å². The molecule has 1 atom stereocenters. The topological polar surface area (TPSA) is 12.0 Å². The number of halogens is 3. The van der Waals surface area contributed by atoms with Gasteiger partial charge in [-0.1, -0.05) is 0 Å². The molecule has 0 aliphatic heterocycles. The Hall–Kier alpha value is -0.250. The predicted molar refractivity (Wildman–Crippen MR) is 57.1 cm³/mol. The van der Waals surface area contributed by atoms with Gasteiger partial charge in [-0.3, -0.25) is 0 Å². The second-order valence-corrected chi connectivity index (χ2v) is 5.31. The predicted octanol–water partition coefficient (Wildman–Crippen LogP) is 3.35. The molecular weight excluding hydrogens is 215 g/mol. The number of rotatable bonds is 3. The smallest absolute Gasteiger partial charge is 0.316 e. The third kappa shape index (κ3) is 2.70. The van der Waals surface area contributed by atoms with Crippen molar-refractivity contribution in [1.29, 1.82) is 0 Å². The Labute approximate surface area is 94.8 Å². The number of alkyl halides is 3. The highest BCUT2D eigenvalue weighted by molar-refractivity contribution is 4.92. The summed E-state index contributed by atoms with van der Waals surface area (Å²) in [7, 11) is 1.94. The second-order valence-electron chi connectivity index (χ2n) is 5.31. The molecule has 16 heavy (non-hydrogen) atoms. The molecule has 2 aliphatic rings. The molecule has 0 radical (unpaired) electrons. The zero-order valence-electron chi connectivity index (χ0n) is 9.69. The van der Waals surface area contributed by atoms with E-state index in [1.807, 2.05) is 7.05 Å². The monoisotopic (exact) mass is 235 g/mol. The average Bonchev–Trinajstić information content (AvgIpc) is 3.03. The summed E-state index contributed by atoms with van der Waals surface area (Å²) in [5.41, 5.74) is 0. The van der Waals surface area contributed by atoms with Gasteiger partial charge in [0.25, 0.3) is 0 Å². The molecule has 4 heteroatoms. The molecule has 0 aromatic carbocycles. The highest BCUT2D eigenvalue weighted by Gasteiger charge is 2.44. The van der Waals surface area contributed by atoms with Crippen molar-refractivity contribution >= 4 is 0 Å². The molecule has 2 aliphatic carbocycles. The standard InChI is InChI=1S/C12H20F3N/c1-16-11(8-2-3-8)9-4-6-10(7-5-9)12(13,14)15/h8-11,16H,2-7H2,1H3. The lowest BCUT2D eigenvalue weighted by Gasteiger charge is -2.34. The summed E-state index contributed by atoms with van der Waals surface area (Å²) in [4.78, 5) is 0. The molecule has 94 valence electrons. The van der Waals surface area contributed by atoms with E-state index < -0.39 is 12.1 Å². The molecule has 0 heterocycles. The van der Waals surface area contributed by atoms with Crippen LogP contribution in [0.1, 0.15) is 38.5 Å². The Bertz CT molecular complexity index is 227. The lowest BCUT2D eigenvalue weighted by atomic mass is 9.77. The summed E-state index contributed by atoms with van der Waals surface area (Å²) in [5, 5.41) is 3.31. The van der Waals surface area contributed by atoms with Crippen molar-refractivity contribution in [3.05, 3.63) is 0 Å². The minimum Gasteiger partial charge on any atom is -0.316 e. The molecule has 1 unspecified atom stereocenters. The van der Waals surface area contributed by atoms with Crippen LogP contribution in [0.25, 0.3) is 0 Å². The van der Waals surface area contributed by atoms with Crippen molar-refractivity contribution in [2.75, 3.05) is 7.05 Å². The number of hydrogen-bond acceptors (Lipinski definition) is 1. The third-order valence-corrected chi connectivity index (χ3v) is 4.21. The summed E-state index contributed by atoms with van der Waals surface area (Å²) in [6.45, 7) is 0. The first-order chi connectivity index (χ1) is 7.52. The highest BCUT2D eigenvalue weighted by Crippen LogP contribution is 2.44. The summed E-state index contributed by atoms with van der Waals surface area (Å²) < 4.78 is 37.5. The van der Waals surface area contributed by atoms with E-state index in [-0.39, 0.29) is 0 Å². The first-order valence-corrected chi connectivity index (χ1v) is 6.26. The summed E-state index contributed by atoms with van der Waals surface area (Å²) >= 11 is 0. The van der Waals surface area contributed by atoms with E-state index in [4.69, 9.17) is 0 Å². The molecule has 0 saturated heterocycles. The van der Waals surface area contributed by atoms with Gasteiger partial charge < -0.3 is 5.32 Å². The van der Waals surface area contributed by atoms with E-state index in [0.717, 1.165) is 18.8 Å². The molecule has 0 spiro atoms. The van der Waals surface area contributed by atoms with Crippen LogP contribution in [0.2, 0.25) is 0 Å². The maximum absolute atomic E-state index is 12.5. The number of hydrogen-bond donors (Lipinski definition) is 1. The molecular formula is C12H20F3N. The van der Waals surface area contributed by atoms with Crippen LogP contribution >= 0.6 is 0 Å². The Morgan fingerprint density at radius 2 is 1.38 bits per heavy atom. The minimum atomic E-state index is -3.97. The van der Waals surface area contributed by atoms with Crippen molar-refractivity contribution < 1.29 is 13.2 Å². The van der Waals surface area contributed by atoms with Gasteiger partial charge in [0, 0.05) is 6.04 Å². The van der Waals surface area contributed by atoms with Crippen LogP contribution in [0, 0.1) is 17.8 Å². The maximum atomic E-state index is 12.5. The van der Waals surface area contributed by atoms with E-state index in [1.54, 1.807) is 0 Å². The molecule has 0 bridgehead atoms. The fourth-order valence-corrected chi connectivity index (χ4v) is 3.12. The van der Waals surface area contributed by atoms with Crippen LogP contribution in [0.15, 0.2) is 0 Å². The largest absolute Gasteiger partial charge is 0.391 e. The Balaban J connectivity index is 1.84. The lowest BCUT2D eigenvalue weighted by Crippen LogP contribution is -2.39. The summed E-state index contributed by atoms with van der Waals surface area (Å²) in [5.74, 6) is 0.161. The van der Waals surface area contributed by atoms with Gasteiger partial charge in [0.15, 0.2) is 0 Å². The number of nitrogens with one attached hydrogen (secondary N) is 1. The molecule has 1 nitrogen and oxygen atoms in total. The fraction of sp³-hybridized carbons (Fsp3) is 1.00. The molecule has 1 N–H and O–H groups in total. The molecule has 2 rings (SSSR count). The van der Waals surface area contributed by atoms with Crippen molar-refractivity contribution in [3.63, 3.8) is 0 Å². The van der Waals surface area contributed by atoms with Crippen LogP contribution in [0.4, 0.5) is 13.2 Å². The summed E-state index contributed by atoms with van der Waals surface area (Å²) in [6.07, 6.45) is 0.686. The Morgan fingerprint density at radius 3 is 1.69 bits per heavy atom. The van der Waals surface area contributed by atoms with Gasteiger partial charge in [-0.05, 0) is 57.4 Å². The van der Waals surface area contributed by atoms with Crippen LogP contribution in [0.3, 0.4) is 0 Å². The lowest BCUT2D eigenvalue weighted by molar-refractivity contribution is -0.184. The van der Waals surface area contributed by atoms with Gasteiger partial charge in [0.05, 0.1) is 5.92 Å². The molecule has 0 aromatic rings. The fourth-order valence-electron chi connectivity index (χ4n) is 3.12. The Morgan fingerprint density at radius 1 is 0.938 bits per heavy atom. The van der Waals surface area contributed by atoms with Crippen molar-refractivity contribution in [1.82, 2.24) is 5.32 Å².